The Morgan fingerprint density at radius 1 is 1.14 bits per heavy atom. The van der Waals surface area contributed by atoms with E-state index in [2.05, 4.69) is 31.0 Å². The second-order valence-electron chi connectivity index (χ2n) is 7.57. The zero-order chi connectivity index (χ0) is 14.9. The van der Waals surface area contributed by atoms with Gasteiger partial charge in [0, 0.05) is 36.0 Å². The molecule has 0 amide bonds. The highest BCUT2D eigenvalue weighted by atomic mass is 32.1. The van der Waals surface area contributed by atoms with E-state index in [0.717, 1.165) is 12.6 Å². The Bertz CT molecular complexity index is 463. The summed E-state index contributed by atoms with van der Waals surface area (Å²) in [7, 11) is 0. The van der Waals surface area contributed by atoms with E-state index in [4.69, 9.17) is 4.98 Å². The van der Waals surface area contributed by atoms with Crippen molar-refractivity contribution in [2.75, 3.05) is 18.0 Å². The van der Waals surface area contributed by atoms with E-state index in [-0.39, 0.29) is 5.41 Å². The third-order valence-corrected chi connectivity index (χ3v) is 5.52. The molecule has 0 unspecified atom stereocenters. The van der Waals surface area contributed by atoms with Gasteiger partial charge in [-0.3, -0.25) is 0 Å². The van der Waals surface area contributed by atoms with Crippen LogP contribution < -0.4 is 10.2 Å². The number of hydrogen-bond acceptors (Lipinski definition) is 4. The first-order chi connectivity index (χ1) is 10.0. The molecular formula is C17H29N3S. The molecule has 3 nitrogen and oxygen atoms in total. The van der Waals surface area contributed by atoms with Crippen molar-refractivity contribution in [1.29, 1.82) is 0 Å². The van der Waals surface area contributed by atoms with Gasteiger partial charge in [0.05, 0.1) is 5.69 Å². The van der Waals surface area contributed by atoms with Crippen molar-refractivity contribution in [2.24, 2.45) is 0 Å². The summed E-state index contributed by atoms with van der Waals surface area (Å²) in [6.45, 7) is 10.2. The Labute approximate surface area is 133 Å². The fourth-order valence-corrected chi connectivity index (χ4v) is 4.24. The molecule has 21 heavy (non-hydrogen) atoms. The number of nitrogens with zero attached hydrogens (tertiary/aromatic N) is 2. The lowest BCUT2D eigenvalue weighted by Crippen LogP contribution is -2.24. The highest BCUT2D eigenvalue weighted by Crippen LogP contribution is 2.35. The van der Waals surface area contributed by atoms with Crippen LogP contribution in [-0.2, 0) is 12.0 Å². The molecule has 1 N–H and O–H groups in total. The van der Waals surface area contributed by atoms with Gasteiger partial charge in [-0.25, -0.2) is 4.98 Å². The van der Waals surface area contributed by atoms with Gasteiger partial charge in [-0.05, 0) is 25.7 Å². The first-order valence-corrected chi connectivity index (χ1v) is 9.34. The number of hydrogen-bond donors (Lipinski definition) is 1. The second-order valence-corrected chi connectivity index (χ2v) is 8.64. The number of anilines is 1. The first kappa shape index (κ1) is 15.3. The maximum absolute atomic E-state index is 5.05. The minimum atomic E-state index is 0.140. The van der Waals surface area contributed by atoms with Crippen LogP contribution in [0.5, 0.6) is 0 Å². The summed E-state index contributed by atoms with van der Waals surface area (Å²) in [6.07, 6.45) is 8.10. The quantitative estimate of drug-likeness (QED) is 0.908. The lowest BCUT2D eigenvalue weighted by atomic mass is 9.91. The third-order valence-electron chi connectivity index (χ3n) is 4.40. The molecule has 118 valence electrons. The van der Waals surface area contributed by atoms with E-state index in [1.165, 1.54) is 67.3 Å². The topological polar surface area (TPSA) is 28.2 Å². The Balaban J connectivity index is 1.79. The molecule has 1 aliphatic carbocycles. The molecule has 0 radical (unpaired) electrons. The van der Waals surface area contributed by atoms with Gasteiger partial charge in [-0.2, -0.15) is 0 Å². The molecule has 0 bridgehead atoms. The van der Waals surface area contributed by atoms with Gasteiger partial charge >= 0.3 is 0 Å². The molecule has 2 fully saturated rings. The van der Waals surface area contributed by atoms with Gasteiger partial charge in [0.1, 0.15) is 0 Å². The van der Waals surface area contributed by atoms with Crippen molar-refractivity contribution >= 4 is 16.5 Å². The van der Waals surface area contributed by atoms with Gasteiger partial charge in [0.2, 0.25) is 0 Å². The van der Waals surface area contributed by atoms with Crippen LogP contribution >= 0.6 is 11.3 Å². The van der Waals surface area contributed by atoms with Gasteiger partial charge in [-0.15, -0.1) is 11.3 Å². The third kappa shape index (κ3) is 3.98. The molecule has 3 rings (SSSR count). The summed E-state index contributed by atoms with van der Waals surface area (Å²) in [4.78, 5) is 9.02. The fraction of sp³-hybridized carbons (Fsp3) is 0.824. The predicted molar refractivity (Wildman–Crippen MR) is 91.4 cm³/mol. The molecule has 2 heterocycles. The second kappa shape index (κ2) is 6.25. The van der Waals surface area contributed by atoms with Crippen LogP contribution in [0.2, 0.25) is 0 Å². The highest BCUT2D eigenvalue weighted by molar-refractivity contribution is 7.15. The van der Waals surface area contributed by atoms with Crippen LogP contribution in [0.25, 0.3) is 0 Å². The average molecular weight is 308 g/mol. The number of aromatic nitrogens is 1. The highest BCUT2D eigenvalue weighted by Gasteiger charge is 2.27. The van der Waals surface area contributed by atoms with E-state index >= 15 is 0 Å². The van der Waals surface area contributed by atoms with Crippen molar-refractivity contribution in [3.05, 3.63) is 10.6 Å². The molecule has 2 aliphatic rings. The molecule has 0 atom stereocenters. The molecule has 4 heteroatoms. The van der Waals surface area contributed by atoms with Gasteiger partial charge < -0.3 is 10.2 Å². The Morgan fingerprint density at radius 2 is 1.81 bits per heavy atom. The predicted octanol–water partition coefficient (Wildman–Crippen LogP) is 4.07. The minimum Gasteiger partial charge on any atom is -0.348 e. The van der Waals surface area contributed by atoms with Crippen molar-refractivity contribution < 1.29 is 0 Å². The molecule has 1 aromatic rings. The van der Waals surface area contributed by atoms with E-state index in [1.54, 1.807) is 0 Å². The summed E-state index contributed by atoms with van der Waals surface area (Å²) in [5, 5.41) is 4.92. The molecule has 0 aromatic carbocycles. The lowest BCUT2D eigenvalue weighted by Gasteiger charge is -2.20. The normalized spacial score (nSPS) is 20.6. The number of thiazole rings is 1. The maximum Gasteiger partial charge on any atom is 0.185 e. The zero-order valence-electron chi connectivity index (χ0n) is 13.7. The van der Waals surface area contributed by atoms with E-state index in [1.807, 2.05) is 11.3 Å². The van der Waals surface area contributed by atoms with Crippen LogP contribution in [0.3, 0.4) is 0 Å². The molecule has 1 aromatic heterocycles. The molecular weight excluding hydrogens is 278 g/mol. The van der Waals surface area contributed by atoms with Gasteiger partial charge in [0.25, 0.3) is 0 Å². The largest absolute Gasteiger partial charge is 0.348 e. The smallest absolute Gasteiger partial charge is 0.185 e. The van der Waals surface area contributed by atoms with Gasteiger partial charge in [-0.1, -0.05) is 33.6 Å². The van der Waals surface area contributed by atoms with Crippen molar-refractivity contribution in [3.63, 3.8) is 0 Å². The van der Waals surface area contributed by atoms with Crippen molar-refractivity contribution in [2.45, 2.75) is 77.3 Å². The van der Waals surface area contributed by atoms with Crippen molar-refractivity contribution in [3.8, 4) is 0 Å². The Morgan fingerprint density at radius 3 is 2.38 bits per heavy atom. The zero-order valence-corrected chi connectivity index (χ0v) is 14.6. The first-order valence-electron chi connectivity index (χ1n) is 8.52. The monoisotopic (exact) mass is 307 g/mol. The number of nitrogens with one attached hydrogen (secondary N) is 1. The summed E-state index contributed by atoms with van der Waals surface area (Å²) < 4.78 is 0. The van der Waals surface area contributed by atoms with Crippen LogP contribution in [0.1, 0.15) is 69.9 Å². The number of rotatable bonds is 4. The lowest BCUT2D eigenvalue weighted by molar-refractivity contribution is 0.558. The van der Waals surface area contributed by atoms with Crippen LogP contribution in [0.15, 0.2) is 0 Å². The van der Waals surface area contributed by atoms with E-state index in [9.17, 15) is 0 Å². The van der Waals surface area contributed by atoms with Gasteiger partial charge in [0.15, 0.2) is 5.13 Å². The fourth-order valence-electron chi connectivity index (χ4n) is 2.97. The van der Waals surface area contributed by atoms with E-state index in [0.29, 0.717) is 0 Å². The van der Waals surface area contributed by atoms with E-state index < -0.39 is 0 Å². The molecule has 1 saturated carbocycles. The average Bonchev–Trinajstić information content (AvgIpc) is 3.20. The molecule has 1 aliphatic heterocycles. The SMILES string of the molecule is CC(C)(C)c1nc(N2CCCCCC2)sc1CNC1CC1. The Hall–Kier alpha value is -0.610. The summed E-state index contributed by atoms with van der Waals surface area (Å²) >= 11 is 1.92. The van der Waals surface area contributed by atoms with Crippen LogP contribution in [0, 0.1) is 0 Å². The summed E-state index contributed by atoms with van der Waals surface area (Å²) in [6, 6.07) is 0.765. The maximum atomic E-state index is 5.05. The molecule has 1 saturated heterocycles. The summed E-state index contributed by atoms with van der Waals surface area (Å²) in [5.74, 6) is 0. The Kier molecular flexibility index (Phi) is 4.55. The van der Waals surface area contributed by atoms with Crippen LogP contribution in [-0.4, -0.2) is 24.1 Å². The minimum absolute atomic E-state index is 0.140. The van der Waals surface area contributed by atoms with Crippen molar-refractivity contribution in [1.82, 2.24) is 10.3 Å². The standard InChI is InChI=1S/C17H29N3S/c1-17(2,3)15-14(12-18-13-8-9-13)21-16(19-15)20-10-6-4-5-7-11-20/h13,18H,4-12H2,1-3H3. The molecule has 0 spiro atoms. The van der Waals surface area contributed by atoms with Crippen LogP contribution in [0.4, 0.5) is 5.13 Å². The summed E-state index contributed by atoms with van der Waals surface area (Å²) in [5.41, 5.74) is 1.45.